The molecule has 1 atom stereocenters. The fourth-order valence-electron chi connectivity index (χ4n) is 2.26. The van der Waals surface area contributed by atoms with Crippen LogP contribution in [0.5, 0.6) is 0 Å². The van der Waals surface area contributed by atoms with E-state index < -0.39 is 0 Å². The first kappa shape index (κ1) is 14.8. The average molecular weight is 262 g/mol. The van der Waals surface area contributed by atoms with Crippen LogP contribution in [-0.4, -0.2) is 30.5 Å². The van der Waals surface area contributed by atoms with Gasteiger partial charge in [0.1, 0.15) is 0 Å². The Balaban J connectivity index is 2.06. The highest BCUT2D eigenvalue weighted by molar-refractivity contribution is 6.17. The second kappa shape index (κ2) is 7.93. The fourth-order valence-corrected chi connectivity index (χ4v) is 2.42. The van der Waals surface area contributed by atoms with E-state index in [0.29, 0.717) is 24.3 Å². The third kappa shape index (κ3) is 5.73. The summed E-state index contributed by atoms with van der Waals surface area (Å²) in [6.45, 7) is 4.83. The van der Waals surface area contributed by atoms with Gasteiger partial charge in [-0.05, 0) is 45.4 Å². The van der Waals surface area contributed by atoms with E-state index in [2.05, 4.69) is 5.32 Å². The predicted molar refractivity (Wildman–Crippen MR) is 70.3 cm³/mol. The highest BCUT2D eigenvalue weighted by Crippen LogP contribution is 2.32. The van der Waals surface area contributed by atoms with Crippen LogP contribution in [0.15, 0.2) is 0 Å². The molecule has 4 heteroatoms. The average Bonchev–Trinajstić information content (AvgIpc) is 2.23. The SMILES string of the molecule is CCOC1CC(CC(=O)NC(C)CCCCl)C1. The Morgan fingerprint density at radius 3 is 2.82 bits per heavy atom. The first-order valence-electron chi connectivity index (χ1n) is 6.62. The lowest BCUT2D eigenvalue weighted by atomic mass is 9.80. The molecular weight excluding hydrogens is 238 g/mol. The normalized spacial score (nSPS) is 25.1. The molecule has 0 radical (unpaired) electrons. The predicted octanol–water partition coefficient (Wildman–Crippen LogP) is 2.72. The molecule has 1 saturated carbocycles. The van der Waals surface area contributed by atoms with Crippen LogP contribution in [0.1, 0.15) is 46.0 Å². The summed E-state index contributed by atoms with van der Waals surface area (Å²) >= 11 is 5.62. The Morgan fingerprint density at radius 2 is 2.24 bits per heavy atom. The lowest BCUT2D eigenvalue weighted by Gasteiger charge is -2.34. The minimum atomic E-state index is 0.173. The van der Waals surface area contributed by atoms with Gasteiger partial charge in [0.15, 0.2) is 0 Å². The van der Waals surface area contributed by atoms with Crippen LogP contribution < -0.4 is 5.32 Å². The van der Waals surface area contributed by atoms with Crippen molar-refractivity contribution in [1.82, 2.24) is 5.32 Å². The summed E-state index contributed by atoms with van der Waals surface area (Å²) in [4.78, 5) is 11.7. The molecule has 0 spiro atoms. The van der Waals surface area contributed by atoms with Crippen LogP contribution in [0, 0.1) is 5.92 Å². The maximum absolute atomic E-state index is 11.7. The number of ether oxygens (including phenoxy) is 1. The molecule has 0 bridgehead atoms. The second-order valence-electron chi connectivity index (χ2n) is 4.92. The third-order valence-electron chi connectivity index (χ3n) is 3.25. The zero-order chi connectivity index (χ0) is 12.7. The van der Waals surface area contributed by atoms with Crippen LogP contribution >= 0.6 is 11.6 Å². The van der Waals surface area contributed by atoms with Crippen LogP contribution in [-0.2, 0) is 9.53 Å². The van der Waals surface area contributed by atoms with Crippen molar-refractivity contribution >= 4 is 17.5 Å². The molecule has 3 nitrogen and oxygen atoms in total. The van der Waals surface area contributed by atoms with E-state index in [4.69, 9.17) is 16.3 Å². The van der Waals surface area contributed by atoms with Gasteiger partial charge >= 0.3 is 0 Å². The summed E-state index contributed by atoms with van der Waals surface area (Å²) in [5, 5.41) is 3.02. The number of carbonyl (C=O) groups excluding carboxylic acids is 1. The first-order valence-corrected chi connectivity index (χ1v) is 7.16. The molecule has 1 rings (SSSR count). The monoisotopic (exact) mass is 261 g/mol. The highest BCUT2D eigenvalue weighted by atomic mass is 35.5. The van der Waals surface area contributed by atoms with Gasteiger partial charge in [0.2, 0.25) is 5.91 Å². The quantitative estimate of drug-likeness (QED) is 0.683. The second-order valence-corrected chi connectivity index (χ2v) is 5.30. The van der Waals surface area contributed by atoms with Crippen molar-refractivity contribution in [2.45, 2.75) is 58.1 Å². The zero-order valence-corrected chi connectivity index (χ0v) is 11.6. The fraction of sp³-hybridized carbons (Fsp3) is 0.923. The van der Waals surface area contributed by atoms with Crippen LogP contribution in [0.25, 0.3) is 0 Å². The van der Waals surface area contributed by atoms with Crippen molar-refractivity contribution in [3.05, 3.63) is 0 Å². The Hall–Kier alpha value is -0.280. The van der Waals surface area contributed by atoms with Gasteiger partial charge in [0.05, 0.1) is 6.10 Å². The van der Waals surface area contributed by atoms with Gasteiger partial charge < -0.3 is 10.1 Å². The molecule has 17 heavy (non-hydrogen) atoms. The molecule has 0 saturated heterocycles. The van der Waals surface area contributed by atoms with E-state index in [1.807, 2.05) is 13.8 Å². The zero-order valence-electron chi connectivity index (χ0n) is 10.9. The molecule has 0 aromatic rings. The van der Waals surface area contributed by atoms with E-state index in [9.17, 15) is 4.79 Å². The topological polar surface area (TPSA) is 38.3 Å². The summed E-state index contributed by atoms with van der Waals surface area (Å²) < 4.78 is 5.48. The number of amides is 1. The minimum Gasteiger partial charge on any atom is -0.378 e. The van der Waals surface area contributed by atoms with Crippen molar-refractivity contribution < 1.29 is 9.53 Å². The Morgan fingerprint density at radius 1 is 1.53 bits per heavy atom. The molecule has 1 fully saturated rings. The molecule has 0 heterocycles. The number of rotatable bonds is 8. The molecule has 1 unspecified atom stereocenters. The minimum absolute atomic E-state index is 0.173. The van der Waals surface area contributed by atoms with Gasteiger partial charge in [-0.3, -0.25) is 4.79 Å². The summed E-state index contributed by atoms with van der Waals surface area (Å²) in [6.07, 6.45) is 5.04. The molecule has 0 aromatic carbocycles. The Kier molecular flexibility index (Phi) is 6.90. The maximum Gasteiger partial charge on any atom is 0.220 e. The number of alkyl halides is 1. The van der Waals surface area contributed by atoms with Crippen molar-refractivity contribution in [2.75, 3.05) is 12.5 Å². The van der Waals surface area contributed by atoms with Gasteiger partial charge in [0.25, 0.3) is 0 Å². The smallest absolute Gasteiger partial charge is 0.220 e. The number of hydrogen-bond acceptors (Lipinski definition) is 2. The van der Waals surface area contributed by atoms with E-state index in [1.165, 1.54) is 0 Å². The summed E-state index contributed by atoms with van der Waals surface area (Å²) in [5.41, 5.74) is 0. The van der Waals surface area contributed by atoms with Crippen molar-refractivity contribution in [3.8, 4) is 0 Å². The van der Waals surface area contributed by atoms with Gasteiger partial charge in [-0.2, -0.15) is 0 Å². The summed E-state index contributed by atoms with van der Waals surface area (Å²) in [7, 11) is 0. The summed E-state index contributed by atoms with van der Waals surface area (Å²) in [6, 6.07) is 0.240. The maximum atomic E-state index is 11.7. The van der Waals surface area contributed by atoms with Gasteiger partial charge in [-0.25, -0.2) is 0 Å². The van der Waals surface area contributed by atoms with E-state index >= 15 is 0 Å². The molecule has 1 N–H and O–H groups in total. The highest BCUT2D eigenvalue weighted by Gasteiger charge is 2.31. The Bertz CT molecular complexity index is 229. The molecule has 0 aliphatic heterocycles. The molecule has 1 amide bonds. The van der Waals surface area contributed by atoms with Gasteiger partial charge in [-0.15, -0.1) is 11.6 Å². The molecule has 100 valence electrons. The van der Waals surface area contributed by atoms with Gasteiger partial charge in [0, 0.05) is 24.9 Å². The molecule has 1 aliphatic rings. The standard InChI is InChI=1S/C13H24ClNO2/c1-3-17-12-7-11(8-12)9-13(16)15-10(2)5-4-6-14/h10-12H,3-9H2,1-2H3,(H,15,16). The molecule has 1 aliphatic carbocycles. The van der Waals surface area contributed by atoms with E-state index in [-0.39, 0.29) is 11.9 Å². The largest absolute Gasteiger partial charge is 0.378 e. The molecular formula is C13H24ClNO2. The van der Waals surface area contributed by atoms with Crippen LogP contribution in [0.4, 0.5) is 0 Å². The number of hydrogen-bond donors (Lipinski definition) is 1. The number of nitrogens with one attached hydrogen (secondary N) is 1. The Labute approximate surface area is 109 Å². The van der Waals surface area contributed by atoms with Gasteiger partial charge in [-0.1, -0.05) is 0 Å². The van der Waals surface area contributed by atoms with Crippen LogP contribution in [0.2, 0.25) is 0 Å². The van der Waals surface area contributed by atoms with Crippen LogP contribution in [0.3, 0.4) is 0 Å². The molecule has 0 aromatic heterocycles. The first-order chi connectivity index (χ1) is 8.15. The van der Waals surface area contributed by atoms with Crippen molar-refractivity contribution in [2.24, 2.45) is 5.92 Å². The number of halogens is 1. The summed E-state index contributed by atoms with van der Waals surface area (Å²) in [5.74, 6) is 1.36. The van der Waals surface area contributed by atoms with Crippen molar-refractivity contribution in [3.63, 3.8) is 0 Å². The lowest BCUT2D eigenvalue weighted by Crippen LogP contribution is -2.38. The van der Waals surface area contributed by atoms with E-state index in [0.717, 1.165) is 32.3 Å². The third-order valence-corrected chi connectivity index (χ3v) is 3.51. The van der Waals surface area contributed by atoms with E-state index in [1.54, 1.807) is 0 Å². The number of carbonyl (C=O) groups is 1. The lowest BCUT2D eigenvalue weighted by molar-refractivity contribution is -0.124. The van der Waals surface area contributed by atoms with Crippen molar-refractivity contribution in [1.29, 1.82) is 0 Å².